The topological polar surface area (TPSA) is 93.1 Å². The number of carbonyl (C=O) groups excluding carboxylic acids is 1. The van der Waals surface area contributed by atoms with E-state index in [0.29, 0.717) is 11.5 Å². The van der Waals surface area contributed by atoms with E-state index in [0.717, 1.165) is 11.3 Å². The summed E-state index contributed by atoms with van der Waals surface area (Å²) in [5, 5.41) is 6.87. The number of carbonyl (C=O) groups is 1. The third-order valence-electron chi connectivity index (χ3n) is 3.60. The van der Waals surface area contributed by atoms with Gasteiger partial charge in [0.15, 0.2) is 0 Å². The van der Waals surface area contributed by atoms with Crippen LogP contribution in [0.2, 0.25) is 0 Å². The van der Waals surface area contributed by atoms with Gasteiger partial charge in [0.05, 0.1) is 16.3 Å². The second-order valence-electron chi connectivity index (χ2n) is 5.79. The van der Waals surface area contributed by atoms with Gasteiger partial charge in [0.2, 0.25) is 0 Å². The number of urea groups is 1. The molecule has 2 amide bonds. The van der Waals surface area contributed by atoms with E-state index in [1.54, 1.807) is 32.0 Å². The van der Waals surface area contributed by atoms with Gasteiger partial charge in [-0.2, -0.15) is 5.10 Å². The lowest BCUT2D eigenvalue weighted by atomic mass is 10.2. The fourth-order valence-corrected chi connectivity index (χ4v) is 3.47. The summed E-state index contributed by atoms with van der Waals surface area (Å²) in [6, 6.07) is 16.4. The van der Waals surface area contributed by atoms with E-state index in [-0.39, 0.29) is 4.90 Å². The van der Waals surface area contributed by atoms with Gasteiger partial charge in [0.1, 0.15) is 5.82 Å². The maximum atomic E-state index is 12.4. The van der Waals surface area contributed by atoms with E-state index < -0.39 is 16.1 Å². The first-order valence-electron chi connectivity index (χ1n) is 7.88. The van der Waals surface area contributed by atoms with E-state index >= 15 is 0 Å². The summed E-state index contributed by atoms with van der Waals surface area (Å²) < 4.78 is 28.3. The van der Waals surface area contributed by atoms with Crippen molar-refractivity contribution >= 4 is 21.9 Å². The predicted octanol–water partition coefficient (Wildman–Crippen LogP) is 3.00. The lowest BCUT2D eigenvalue weighted by Gasteiger charge is -2.11. The zero-order chi connectivity index (χ0) is 18.7. The van der Waals surface area contributed by atoms with Crippen LogP contribution < -0.4 is 10.0 Å². The molecule has 2 N–H and O–H groups in total. The molecule has 0 saturated heterocycles. The number of nitrogens with one attached hydrogen (secondary N) is 2. The minimum atomic E-state index is -3.96. The number of para-hydroxylation sites is 1. The average Bonchev–Trinajstić information content (AvgIpc) is 2.95. The molecule has 0 unspecified atom stereocenters. The van der Waals surface area contributed by atoms with E-state index in [4.69, 9.17) is 0 Å². The van der Waals surface area contributed by atoms with Gasteiger partial charge in [-0.3, -0.25) is 5.32 Å². The molecule has 8 heteroatoms. The number of hydrogen-bond donors (Lipinski definition) is 2. The summed E-state index contributed by atoms with van der Waals surface area (Å²) in [6.07, 6.45) is 0. The molecule has 2 aromatic carbocycles. The zero-order valence-electron chi connectivity index (χ0n) is 14.3. The van der Waals surface area contributed by atoms with Crippen molar-refractivity contribution in [3.8, 4) is 5.69 Å². The SMILES string of the molecule is Cc1cccc(S(=O)(=O)NC(=O)Nc2cc(C)nn2-c2ccccc2)c1. The first-order chi connectivity index (χ1) is 12.3. The van der Waals surface area contributed by atoms with Crippen LogP contribution in [0.25, 0.3) is 5.69 Å². The second-order valence-corrected chi connectivity index (χ2v) is 7.48. The van der Waals surface area contributed by atoms with Crippen LogP contribution in [-0.4, -0.2) is 24.2 Å². The van der Waals surface area contributed by atoms with Gasteiger partial charge in [0.25, 0.3) is 10.0 Å². The van der Waals surface area contributed by atoms with Crippen molar-refractivity contribution < 1.29 is 13.2 Å². The van der Waals surface area contributed by atoms with E-state index in [1.807, 2.05) is 35.1 Å². The number of nitrogens with zero attached hydrogens (tertiary/aromatic N) is 2. The van der Waals surface area contributed by atoms with Gasteiger partial charge < -0.3 is 0 Å². The van der Waals surface area contributed by atoms with Crippen molar-refractivity contribution in [3.05, 3.63) is 71.9 Å². The largest absolute Gasteiger partial charge is 0.334 e. The quantitative estimate of drug-likeness (QED) is 0.738. The fourth-order valence-electron chi connectivity index (χ4n) is 2.46. The number of rotatable bonds is 4. The summed E-state index contributed by atoms with van der Waals surface area (Å²) in [5.41, 5.74) is 2.22. The summed E-state index contributed by atoms with van der Waals surface area (Å²) in [4.78, 5) is 12.3. The molecule has 134 valence electrons. The standard InChI is InChI=1S/C18H18N4O3S/c1-13-7-6-10-16(11-13)26(24,25)21-18(23)19-17-12-14(2)20-22(17)15-8-4-3-5-9-15/h3-12H,1-2H3,(H2,19,21,23). The third kappa shape index (κ3) is 3.92. The number of hydrogen-bond acceptors (Lipinski definition) is 4. The van der Waals surface area contributed by atoms with Crippen molar-refractivity contribution in [1.29, 1.82) is 0 Å². The number of aryl methyl sites for hydroxylation is 2. The minimum Gasteiger partial charge on any atom is -0.291 e. The van der Waals surface area contributed by atoms with E-state index in [9.17, 15) is 13.2 Å². The van der Waals surface area contributed by atoms with Crippen molar-refractivity contribution in [2.24, 2.45) is 0 Å². The minimum absolute atomic E-state index is 0.0281. The average molecular weight is 370 g/mol. The maximum Gasteiger partial charge on any atom is 0.334 e. The number of sulfonamides is 1. The molecule has 0 aliphatic rings. The Balaban J connectivity index is 1.81. The van der Waals surface area contributed by atoms with Crippen LogP contribution in [0.5, 0.6) is 0 Å². The van der Waals surface area contributed by atoms with Crippen LogP contribution in [0.1, 0.15) is 11.3 Å². The van der Waals surface area contributed by atoms with E-state index in [2.05, 4.69) is 10.4 Å². The molecule has 3 aromatic rings. The molecular formula is C18H18N4O3S. The first kappa shape index (κ1) is 17.7. The van der Waals surface area contributed by atoms with Crippen LogP contribution in [0.4, 0.5) is 10.6 Å². The lowest BCUT2D eigenvalue weighted by molar-refractivity contribution is 0.256. The Bertz CT molecular complexity index is 1040. The number of benzene rings is 2. The van der Waals surface area contributed by atoms with Gasteiger partial charge >= 0.3 is 6.03 Å². The molecule has 0 aliphatic heterocycles. The smallest absolute Gasteiger partial charge is 0.291 e. The molecule has 0 spiro atoms. The third-order valence-corrected chi connectivity index (χ3v) is 4.93. The van der Waals surface area contributed by atoms with Gasteiger partial charge in [-0.15, -0.1) is 0 Å². The first-order valence-corrected chi connectivity index (χ1v) is 9.36. The molecule has 26 heavy (non-hydrogen) atoms. The summed E-state index contributed by atoms with van der Waals surface area (Å²) in [7, 11) is -3.96. The van der Waals surface area contributed by atoms with Crippen molar-refractivity contribution in [1.82, 2.24) is 14.5 Å². The van der Waals surface area contributed by atoms with Gasteiger partial charge in [0, 0.05) is 6.07 Å². The Morgan fingerprint density at radius 3 is 2.42 bits per heavy atom. The molecular weight excluding hydrogens is 352 g/mol. The monoisotopic (exact) mass is 370 g/mol. The predicted molar refractivity (Wildman–Crippen MR) is 98.8 cm³/mol. The van der Waals surface area contributed by atoms with Crippen LogP contribution in [-0.2, 0) is 10.0 Å². The van der Waals surface area contributed by atoms with Gasteiger partial charge in [-0.25, -0.2) is 22.6 Å². The molecule has 0 fully saturated rings. The number of anilines is 1. The van der Waals surface area contributed by atoms with Gasteiger partial charge in [-0.1, -0.05) is 30.3 Å². The molecule has 0 saturated carbocycles. The molecule has 0 atom stereocenters. The molecule has 1 aromatic heterocycles. The number of aromatic nitrogens is 2. The van der Waals surface area contributed by atoms with Crippen LogP contribution in [0.3, 0.4) is 0 Å². The number of amides is 2. The van der Waals surface area contributed by atoms with Crippen molar-refractivity contribution in [2.45, 2.75) is 18.7 Å². The second kappa shape index (κ2) is 7.01. The normalized spacial score (nSPS) is 11.2. The Morgan fingerprint density at radius 2 is 1.73 bits per heavy atom. The molecule has 7 nitrogen and oxygen atoms in total. The summed E-state index contributed by atoms with van der Waals surface area (Å²) in [6.45, 7) is 3.56. The van der Waals surface area contributed by atoms with Crippen molar-refractivity contribution in [3.63, 3.8) is 0 Å². The molecule has 3 rings (SSSR count). The fraction of sp³-hybridized carbons (Fsp3) is 0.111. The highest BCUT2D eigenvalue weighted by Crippen LogP contribution is 2.17. The molecule has 0 aliphatic carbocycles. The van der Waals surface area contributed by atoms with Crippen molar-refractivity contribution in [2.75, 3.05) is 5.32 Å². The molecule has 0 bridgehead atoms. The van der Waals surface area contributed by atoms with Gasteiger partial charge in [-0.05, 0) is 43.7 Å². The Morgan fingerprint density at radius 1 is 1.00 bits per heavy atom. The highest BCUT2D eigenvalue weighted by atomic mass is 32.2. The molecule has 0 radical (unpaired) electrons. The van der Waals surface area contributed by atoms with Crippen LogP contribution in [0, 0.1) is 13.8 Å². The van der Waals surface area contributed by atoms with Crippen LogP contribution in [0.15, 0.2) is 65.6 Å². The Hall–Kier alpha value is -3.13. The summed E-state index contributed by atoms with van der Waals surface area (Å²) in [5.74, 6) is 0.366. The zero-order valence-corrected chi connectivity index (χ0v) is 15.1. The maximum absolute atomic E-state index is 12.4. The summed E-state index contributed by atoms with van der Waals surface area (Å²) >= 11 is 0. The Labute approximate surface area is 151 Å². The highest BCUT2D eigenvalue weighted by Gasteiger charge is 2.19. The van der Waals surface area contributed by atoms with Crippen LogP contribution >= 0.6 is 0 Å². The Kier molecular flexibility index (Phi) is 4.77. The lowest BCUT2D eigenvalue weighted by Crippen LogP contribution is -2.35. The van der Waals surface area contributed by atoms with E-state index in [1.165, 1.54) is 16.8 Å². The molecule has 1 heterocycles. The highest BCUT2D eigenvalue weighted by molar-refractivity contribution is 7.90.